The summed E-state index contributed by atoms with van der Waals surface area (Å²) in [6.45, 7) is 5.64. The van der Waals surface area contributed by atoms with Crippen LogP contribution in [0.25, 0.3) is 0 Å². The predicted molar refractivity (Wildman–Crippen MR) is 73.9 cm³/mol. The van der Waals surface area contributed by atoms with E-state index in [-0.39, 0.29) is 18.6 Å². The molecule has 0 spiro atoms. The van der Waals surface area contributed by atoms with Crippen molar-refractivity contribution in [1.82, 2.24) is 19.9 Å². The minimum Gasteiger partial charge on any atom is -0.376 e. The minimum atomic E-state index is -0.235. The Labute approximate surface area is 118 Å². The van der Waals surface area contributed by atoms with Gasteiger partial charge in [0.25, 0.3) is 5.91 Å². The second kappa shape index (κ2) is 6.87. The SMILES string of the molecule is C#CCN(CC=C)C(=O)c1cn(CC2CCCO2)nn1. The second-order valence-corrected chi connectivity index (χ2v) is 4.64. The molecule has 1 atom stereocenters. The molecule has 20 heavy (non-hydrogen) atoms. The lowest BCUT2D eigenvalue weighted by Crippen LogP contribution is -2.31. The van der Waals surface area contributed by atoms with Gasteiger partial charge in [0.05, 0.1) is 25.4 Å². The Kier molecular flexibility index (Phi) is 4.91. The summed E-state index contributed by atoms with van der Waals surface area (Å²) < 4.78 is 7.17. The Hall–Kier alpha value is -2.13. The summed E-state index contributed by atoms with van der Waals surface area (Å²) in [5.74, 6) is 2.22. The van der Waals surface area contributed by atoms with E-state index in [4.69, 9.17) is 11.2 Å². The average molecular weight is 274 g/mol. The topological polar surface area (TPSA) is 60.2 Å². The summed E-state index contributed by atoms with van der Waals surface area (Å²) >= 11 is 0. The van der Waals surface area contributed by atoms with E-state index in [1.165, 1.54) is 4.90 Å². The fraction of sp³-hybridized carbons (Fsp3) is 0.500. The van der Waals surface area contributed by atoms with Crippen molar-refractivity contribution < 1.29 is 9.53 Å². The first-order valence-corrected chi connectivity index (χ1v) is 6.60. The van der Waals surface area contributed by atoms with E-state index in [1.54, 1.807) is 17.0 Å². The van der Waals surface area contributed by atoms with Gasteiger partial charge in [0.15, 0.2) is 5.69 Å². The second-order valence-electron chi connectivity index (χ2n) is 4.64. The largest absolute Gasteiger partial charge is 0.376 e. The van der Waals surface area contributed by atoms with Gasteiger partial charge in [-0.3, -0.25) is 4.79 Å². The van der Waals surface area contributed by atoms with Gasteiger partial charge in [-0.1, -0.05) is 17.2 Å². The molecule has 1 saturated heterocycles. The van der Waals surface area contributed by atoms with Gasteiger partial charge in [0.2, 0.25) is 0 Å². The Balaban J connectivity index is 2.00. The van der Waals surface area contributed by atoms with Crippen LogP contribution in [0.5, 0.6) is 0 Å². The molecule has 1 aliphatic rings. The molecule has 1 aliphatic heterocycles. The summed E-state index contributed by atoms with van der Waals surface area (Å²) in [5, 5.41) is 7.87. The fourth-order valence-corrected chi connectivity index (χ4v) is 2.13. The fourth-order valence-electron chi connectivity index (χ4n) is 2.13. The molecule has 1 aromatic rings. The number of terminal acetylenes is 1. The van der Waals surface area contributed by atoms with Crippen molar-refractivity contribution in [1.29, 1.82) is 0 Å². The molecule has 0 bridgehead atoms. The van der Waals surface area contributed by atoms with Crippen LogP contribution in [0.15, 0.2) is 18.9 Å². The van der Waals surface area contributed by atoms with E-state index in [1.807, 2.05) is 0 Å². The van der Waals surface area contributed by atoms with E-state index < -0.39 is 0 Å². The quantitative estimate of drug-likeness (QED) is 0.566. The first kappa shape index (κ1) is 14.3. The lowest BCUT2D eigenvalue weighted by Gasteiger charge is -2.16. The minimum absolute atomic E-state index is 0.162. The summed E-state index contributed by atoms with van der Waals surface area (Å²) in [5.41, 5.74) is 0.292. The Morgan fingerprint density at radius 3 is 3.25 bits per heavy atom. The van der Waals surface area contributed by atoms with Gasteiger partial charge < -0.3 is 9.64 Å². The van der Waals surface area contributed by atoms with Crippen molar-refractivity contribution in [2.24, 2.45) is 0 Å². The maximum Gasteiger partial charge on any atom is 0.277 e. The lowest BCUT2D eigenvalue weighted by atomic mass is 10.2. The van der Waals surface area contributed by atoms with Crippen LogP contribution in [0.4, 0.5) is 0 Å². The molecule has 2 heterocycles. The van der Waals surface area contributed by atoms with E-state index in [2.05, 4.69) is 22.8 Å². The number of amides is 1. The zero-order valence-electron chi connectivity index (χ0n) is 11.4. The molecule has 0 aromatic carbocycles. The van der Waals surface area contributed by atoms with Crippen molar-refractivity contribution >= 4 is 5.91 Å². The normalized spacial score (nSPS) is 17.6. The molecule has 0 saturated carbocycles. The highest BCUT2D eigenvalue weighted by molar-refractivity contribution is 5.92. The molecule has 0 radical (unpaired) electrons. The van der Waals surface area contributed by atoms with E-state index in [0.29, 0.717) is 18.8 Å². The highest BCUT2D eigenvalue weighted by atomic mass is 16.5. The average Bonchev–Trinajstić information content (AvgIpc) is 3.10. The lowest BCUT2D eigenvalue weighted by molar-refractivity contribution is 0.0787. The van der Waals surface area contributed by atoms with Gasteiger partial charge >= 0.3 is 0 Å². The molecule has 1 unspecified atom stereocenters. The van der Waals surface area contributed by atoms with Crippen molar-refractivity contribution in [2.45, 2.75) is 25.5 Å². The van der Waals surface area contributed by atoms with Crippen molar-refractivity contribution in [3.63, 3.8) is 0 Å². The highest BCUT2D eigenvalue weighted by Gasteiger charge is 2.20. The third kappa shape index (κ3) is 3.45. The number of hydrogen-bond acceptors (Lipinski definition) is 4. The van der Waals surface area contributed by atoms with Crippen LogP contribution in [0.3, 0.4) is 0 Å². The van der Waals surface area contributed by atoms with Crippen LogP contribution in [0, 0.1) is 12.3 Å². The first-order chi connectivity index (χ1) is 9.74. The first-order valence-electron chi connectivity index (χ1n) is 6.60. The third-order valence-corrected chi connectivity index (χ3v) is 3.09. The van der Waals surface area contributed by atoms with Gasteiger partial charge in [-0.05, 0) is 12.8 Å². The predicted octanol–water partition coefficient (Wildman–Crippen LogP) is 0.718. The molecule has 106 valence electrons. The summed E-state index contributed by atoms with van der Waals surface area (Å²) in [6, 6.07) is 0. The van der Waals surface area contributed by atoms with Crippen LogP contribution in [-0.4, -0.2) is 51.6 Å². The van der Waals surface area contributed by atoms with Gasteiger partial charge in [0.1, 0.15) is 0 Å². The molecule has 1 amide bonds. The van der Waals surface area contributed by atoms with E-state index >= 15 is 0 Å². The molecule has 1 aromatic heterocycles. The van der Waals surface area contributed by atoms with Crippen LogP contribution in [-0.2, 0) is 11.3 Å². The molecule has 6 nitrogen and oxygen atoms in total. The molecule has 0 N–H and O–H groups in total. The summed E-state index contributed by atoms with van der Waals surface area (Å²) in [6.07, 6.45) is 10.8. The van der Waals surface area contributed by atoms with Crippen LogP contribution in [0.2, 0.25) is 0 Å². The molecule has 0 aliphatic carbocycles. The Bertz CT molecular complexity index is 511. The van der Waals surface area contributed by atoms with Gasteiger partial charge in [-0.15, -0.1) is 18.1 Å². The van der Waals surface area contributed by atoms with Crippen LogP contribution < -0.4 is 0 Å². The number of rotatable bonds is 6. The van der Waals surface area contributed by atoms with E-state index in [9.17, 15) is 4.79 Å². The zero-order valence-corrected chi connectivity index (χ0v) is 11.4. The molecule has 6 heteroatoms. The van der Waals surface area contributed by atoms with Crippen molar-refractivity contribution in [3.8, 4) is 12.3 Å². The molecule has 2 rings (SSSR count). The van der Waals surface area contributed by atoms with Crippen molar-refractivity contribution in [2.75, 3.05) is 19.7 Å². The monoisotopic (exact) mass is 274 g/mol. The third-order valence-electron chi connectivity index (χ3n) is 3.09. The number of hydrogen-bond donors (Lipinski definition) is 0. The number of ether oxygens (including phenoxy) is 1. The van der Waals surface area contributed by atoms with Gasteiger partial charge in [-0.2, -0.15) is 0 Å². The standard InChI is InChI=1S/C14H18N4O2/c1-3-7-17(8-4-2)14(19)13-11-18(16-15-13)10-12-6-5-9-20-12/h1,4,11-12H,2,5-10H2. The van der Waals surface area contributed by atoms with Gasteiger partial charge in [-0.25, -0.2) is 4.68 Å². The maximum absolute atomic E-state index is 12.2. The molecular weight excluding hydrogens is 256 g/mol. The van der Waals surface area contributed by atoms with E-state index in [0.717, 1.165) is 19.4 Å². The zero-order chi connectivity index (χ0) is 14.4. The van der Waals surface area contributed by atoms with Gasteiger partial charge in [0, 0.05) is 13.2 Å². The van der Waals surface area contributed by atoms with Crippen molar-refractivity contribution in [3.05, 3.63) is 24.5 Å². The number of nitrogens with zero attached hydrogens (tertiary/aromatic N) is 4. The smallest absolute Gasteiger partial charge is 0.277 e. The maximum atomic E-state index is 12.2. The molecular formula is C14H18N4O2. The Morgan fingerprint density at radius 2 is 2.60 bits per heavy atom. The summed E-state index contributed by atoms with van der Waals surface area (Å²) in [4.78, 5) is 13.7. The van der Waals surface area contributed by atoms with Crippen LogP contribution in [0.1, 0.15) is 23.3 Å². The summed E-state index contributed by atoms with van der Waals surface area (Å²) in [7, 11) is 0. The number of aromatic nitrogens is 3. The number of carbonyl (C=O) groups excluding carboxylic acids is 1. The Morgan fingerprint density at radius 1 is 1.75 bits per heavy atom. The van der Waals surface area contributed by atoms with Crippen LogP contribution >= 0.6 is 0 Å². The highest BCUT2D eigenvalue weighted by Crippen LogP contribution is 2.13. The number of carbonyl (C=O) groups is 1. The molecule has 1 fully saturated rings.